The number of rotatable bonds is 8. The topological polar surface area (TPSA) is 94.5 Å². The molecule has 1 aliphatic rings. The molecular weight excluding hydrogens is 481 g/mol. The Balaban J connectivity index is 2.01. The molecule has 4 rings (SSSR count). The molecule has 1 heterocycles. The lowest BCUT2D eigenvalue weighted by atomic mass is 9.94. The SMILES string of the molecule is CCOc1cc(C2/C(=C(\O)c3cc(F)ccc3OC)C(=O)C(=O)N2c2cccc(OC)c2)ccc1OC. The molecule has 1 atom stereocenters. The molecule has 9 heteroatoms. The Morgan fingerprint density at radius 2 is 1.65 bits per heavy atom. The number of anilines is 1. The highest BCUT2D eigenvalue weighted by atomic mass is 19.1. The van der Waals surface area contributed by atoms with E-state index in [1.54, 1.807) is 42.5 Å². The predicted molar refractivity (Wildman–Crippen MR) is 135 cm³/mol. The van der Waals surface area contributed by atoms with Crippen LogP contribution in [0.2, 0.25) is 0 Å². The lowest BCUT2D eigenvalue weighted by molar-refractivity contribution is -0.132. The highest BCUT2D eigenvalue weighted by Gasteiger charge is 2.47. The minimum atomic E-state index is -1.08. The van der Waals surface area contributed by atoms with Gasteiger partial charge in [-0.1, -0.05) is 12.1 Å². The van der Waals surface area contributed by atoms with E-state index in [2.05, 4.69) is 0 Å². The fourth-order valence-electron chi connectivity index (χ4n) is 4.32. The second-order valence-corrected chi connectivity index (χ2v) is 8.06. The quantitative estimate of drug-likeness (QED) is 0.264. The van der Waals surface area contributed by atoms with Gasteiger partial charge in [-0.25, -0.2) is 4.39 Å². The summed E-state index contributed by atoms with van der Waals surface area (Å²) in [5.74, 6) is -1.58. The Kier molecular flexibility index (Phi) is 7.33. The molecule has 8 nitrogen and oxygen atoms in total. The van der Waals surface area contributed by atoms with Crippen molar-refractivity contribution in [3.05, 3.63) is 83.2 Å². The summed E-state index contributed by atoms with van der Waals surface area (Å²) in [5.41, 5.74) is 0.535. The number of carbonyl (C=O) groups excluding carboxylic acids is 2. The number of Topliss-reactive ketones (excluding diaryl/α,β-unsaturated/α-hetero) is 1. The maximum atomic E-state index is 14.2. The summed E-state index contributed by atoms with van der Waals surface area (Å²) in [6, 6.07) is 14.1. The third kappa shape index (κ3) is 4.67. The lowest BCUT2D eigenvalue weighted by Crippen LogP contribution is -2.29. The molecule has 1 unspecified atom stereocenters. The molecule has 0 radical (unpaired) electrons. The van der Waals surface area contributed by atoms with Crippen LogP contribution in [-0.4, -0.2) is 44.7 Å². The number of amides is 1. The van der Waals surface area contributed by atoms with Gasteiger partial charge in [-0.3, -0.25) is 14.5 Å². The number of ketones is 1. The van der Waals surface area contributed by atoms with Crippen molar-refractivity contribution in [3.63, 3.8) is 0 Å². The van der Waals surface area contributed by atoms with Crippen molar-refractivity contribution in [3.8, 4) is 23.0 Å². The van der Waals surface area contributed by atoms with Gasteiger partial charge in [-0.2, -0.15) is 0 Å². The summed E-state index contributed by atoms with van der Waals surface area (Å²) >= 11 is 0. The number of benzene rings is 3. The fourth-order valence-corrected chi connectivity index (χ4v) is 4.32. The van der Waals surface area contributed by atoms with Crippen LogP contribution < -0.4 is 23.8 Å². The number of ether oxygens (including phenoxy) is 4. The molecule has 0 aromatic heterocycles. The molecule has 1 aliphatic heterocycles. The van der Waals surface area contributed by atoms with Crippen LogP contribution in [0.25, 0.3) is 5.76 Å². The Bertz CT molecular complexity index is 1380. The number of hydrogen-bond donors (Lipinski definition) is 1. The third-order valence-corrected chi connectivity index (χ3v) is 6.00. The van der Waals surface area contributed by atoms with Gasteiger partial charge in [0, 0.05) is 11.8 Å². The summed E-state index contributed by atoms with van der Waals surface area (Å²) in [6.07, 6.45) is 0. The van der Waals surface area contributed by atoms with Gasteiger partial charge in [0.05, 0.1) is 45.1 Å². The summed E-state index contributed by atoms with van der Waals surface area (Å²) in [5, 5.41) is 11.4. The second kappa shape index (κ2) is 10.6. The number of methoxy groups -OCH3 is 3. The van der Waals surface area contributed by atoms with Crippen LogP contribution in [0.5, 0.6) is 23.0 Å². The molecule has 1 fully saturated rings. The van der Waals surface area contributed by atoms with Gasteiger partial charge in [-0.15, -0.1) is 0 Å². The Hall–Kier alpha value is -4.53. The summed E-state index contributed by atoms with van der Waals surface area (Å²) < 4.78 is 35.9. The monoisotopic (exact) mass is 507 g/mol. The highest BCUT2D eigenvalue weighted by Crippen LogP contribution is 2.45. The number of aliphatic hydroxyl groups excluding tert-OH is 1. The molecule has 1 N–H and O–H groups in total. The lowest BCUT2D eigenvalue weighted by Gasteiger charge is -2.26. The van der Waals surface area contributed by atoms with E-state index in [4.69, 9.17) is 18.9 Å². The van der Waals surface area contributed by atoms with Crippen LogP contribution in [0.15, 0.2) is 66.2 Å². The van der Waals surface area contributed by atoms with Gasteiger partial charge in [0.15, 0.2) is 11.5 Å². The molecule has 1 saturated heterocycles. The van der Waals surface area contributed by atoms with E-state index < -0.39 is 29.3 Å². The zero-order valence-corrected chi connectivity index (χ0v) is 20.8. The molecule has 37 heavy (non-hydrogen) atoms. The van der Waals surface area contributed by atoms with Crippen molar-refractivity contribution < 1.29 is 38.0 Å². The van der Waals surface area contributed by atoms with Gasteiger partial charge < -0.3 is 24.1 Å². The molecule has 0 spiro atoms. The van der Waals surface area contributed by atoms with Crippen LogP contribution in [0, 0.1) is 5.82 Å². The van der Waals surface area contributed by atoms with Crippen LogP contribution in [0.3, 0.4) is 0 Å². The average Bonchev–Trinajstić information content (AvgIpc) is 3.18. The number of hydrogen-bond acceptors (Lipinski definition) is 7. The number of halogens is 1. The van der Waals surface area contributed by atoms with Gasteiger partial charge in [-0.05, 0) is 55.0 Å². The third-order valence-electron chi connectivity index (χ3n) is 6.00. The van der Waals surface area contributed by atoms with Crippen LogP contribution >= 0.6 is 0 Å². The molecule has 0 bridgehead atoms. The van der Waals surface area contributed by atoms with Crippen molar-refractivity contribution in [2.24, 2.45) is 0 Å². The maximum Gasteiger partial charge on any atom is 0.300 e. The van der Waals surface area contributed by atoms with E-state index in [0.717, 1.165) is 6.07 Å². The van der Waals surface area contributed by atoms with Crippen LogP contribution in [0.1, 0.15) is 24.1 Å². The van der Waals surface area contributed by atoms with Crippen molar-refractivity contribution in [1.82, 2.24) is 0 Å². The van der Waals surface area contributed by atoms with Crippen molar-refractivity contribution >= 4 is 23.1 Å². The first-order valence-electron chi connectivity index (χ1n) is 11.4. The first kappa shape index (κ1) is 25.6. The van der Waals surface area contributed by atoms with Gasteiger partial charge in [0.1, 0.15) is 23.1 Å². The highest BCUT2D eigenvalue weighted by molar-refractivity contribution is 6.51. The molecule has 192 valence electrons. The van der Waals surface area contributed by atoms with E-state index in [9.17, 15) is 19.1 Å². The Morgan fingerprint density at radius 3 is 2.32 bits per heavy atom. The Labute approximate surface area is 213 Å². The number of carbonyl (C=O) groups is 2. The summed E-state index contributed by atoms with van der Waals surface area (Å²) in [6.45, 7) is 2.15. The van der Waals surface area contributed by atoms with Gasteiger partial charge in [0.25, 0.3) is 11.7 Å². The minimum Gasteiger partial charge on any atom is -0.507 e. The van der Waals surface area contributed by atoms with Crippen molar-refractivity contribution in [2.45, 2.75) is 13.0 Å². The first-order chi connectivity index (χ1) is 17.8. The molecule has 1 amide bonds. The smallest absolute Gasteiger partial charge is 0.300 e. The van der Waals surface area contributed by atoms with E-state index in [1.165, 1.54) is 38.4 Å². The molecule has 3 aromatic carbocycles. The molecule has 0 saturated carbocycles. The largest absolute Gasteiger partial charge is 0.507 e. The van der Waals surface area contributed by atoms with Crippen molar-refractivity contribution in [2.75, 3.05) is 32.8 Å². The zero-order valence-electron chi connectivity index (χ0n) is 20.8. The van der Waals surface area contributed by atoms with E-state index >= 15 is 0 Å². The number of nitrogens with zero attached hydrogens (tertiary/aromatic N) is 1. The molecule has 3 aromatic rings. The number of aliphatic hydroxyl groups is 1. The zero-order chi connectivity index (χ0) is 26.7. The fraction of sp³-hybridized carbons (Fsp3) is 0.214. The van der Waals surface area contributed by atoms with Crippen molar-refractivity contribution in [1.29, 1.82) is 0 Å². The van der Waals surface area contributed by atoms with Crippen LogP contribution in [0.4, 0.5) is 10.1 Å². The molecule has 0 aliphatic carbocycles. The minimum absolute atomic E-state index is 0.0605. The standard InChI is InChI=1S/C28H26FNO7/c1-5-37-23-13-16(9-11-22(23)36-4)25-24(26(31)20-14-17(29)10-12-21(20)35-3)27(32)28(33)30(25)18-7-6-8-19(15-18)34-2/h6-15,25,31H,5H2,1-4H3/b26-24+. The van der Waals surface area contributed by atoms with E-state index in [0.29, 0.717) is 35.1 Å². The first-order valence-corrected chi connectivity index (χ1v) is 11.4. The van der Waals surface area contributed by atoms with E-state index in [-0.39, 0.29) is 16.9 Å². The average molecular weight is 508 g/mol. The van der Waals surface area contributed by atoms with Gasteiger partial charge >= 0.3 is 0 Å². The summed E-state index contributed by atoms with van der Waals surface area (Å²) in [7, 11) is 4.34. The van der Waals surface area contributed by atoms with Crippen LogP contribution in [-0.2, 0) is 9.59 Å². The summed E-state index contributed by atoms with van der Waals surface area (Å²) in [4.78, 5) is 28.1. The second-order valence-electron chi connectivity index (χ2n) is 8.06. The predicted octanol–water partition coefficient (Wildman–Crippen LogP) is 4.88. The van der Waals surface area contributed by atoms with Gasteiger partial charge in [0.2, 0.25) is 0 Å². The molecular formula is C28H26FNO7. The van der Waals surface area contributed by atoms with E-state index in [1.807, 2.05) is 6.92 Å². The maximum absolute atomic E-state index is 14.2. The Morgan fingerprint density at radius 1 is 0.919 bits per heavy atom. The normalized spacial score (nSPS) is 16.6.